The van der Waals surface area contributed by atoms with Crippen LogP contribution in [0.4, 0.5) is 4.39 Å². The highest BCUT2D eigenvalue weighted by Gasteiger charge is 2.35. The minimum atomic E-state index is -0.495. The number of rotatable bonds is 5. The van der Waals surface area contributed by atoms with Gasteiger partial charge in [0.2, 0.25) is 0 Å². The van der Waals surface area contributed by atoms with Crippen LogP contribution in [-0.2, 0) is 11.3 Å². The Labute approximate surface area is 143 Å². The number of hydrogen-bond donors (Lipinski definition) is 0. The standard InChI is InChI=1S/C18H15FN2O4/c1-25-18(24)13-6-7-20(11-13)9-12(8-19)10-21-16(22)14-4-2-3-5-15(14)17(21)23/h2-8,11H,9-10H2,1H3/b12-8-. The highest BCUT2D eigenvalue weighted by molar-refractivity contribution is 6.21. The summed E-state index contributed by atoms with van der Waals surface area (Å²) in [5.74, 6) is -1.38. The summed E-state index contributed by atoms with van der Waals surface area (Å²) in [5.41, 5.74) is 1.20. The SMILES string of the molecule is COC(=O)c1ccn(C/C(=C/F)CN2C(=O)c3ccccc3C2=O)c1. The van der Waals surface area contributed by atoms with Gasteiger partial charge in [-0.05, 0) is 23.8 Å². The molecule has 0 aliphatic carbocycles. The van der Waals surface area contributed by atoms with Crippen molar-refractivity contribution in [3.8, 4) is 0 Å². The highest BCUT2D eigenvalue weighted by atomic mass is 19.1. The van der Waals surface area contributed by atoms with Gasteiger partial charge in [-0.1, -0.05) is 12.1 Å². The average molecular weight is 342 g/mol. The van der Waals surface area contributed by atoms with Gasteiger partial charge in [-0.2, -0.15) is 0 Å². The van der Waals surface area contributed by atoms with Gasteiger partial charge in [0.15, 0.2) is 0 Å². The molecule has 0 spiro atoms. The van der Waals surface area contributed by atoms with E-state index in [-0.39, 0.29) is 18.7 Å². The summed E-state index contributed by atoms with van der Waals surface area (Å²) < 4.78 is 19.5. The molecule has 2 amide bonds. The lowest BCUT2D eigenvalue weighted by molar-refractivity contribution is 0.0599. The number of methoxy groups -OCH3 is 1. The Balaban J connectivity index is 1.74. The van der Waals surface area contributed by atoms with E-state index in [0.29, 0.717) is 23.0 Å². The van der Waals surface area contributed by atoms with Gasteiger partial charge in [0, 0.05) is 18.9 Å². The van der Waals surface area contributed by atoms with Gasteiger partial charge >= 0.3 is 5.97 Å². The zero-order valence-electron chi connectivity index (χ0n) is 13.4. The highest BCUT2D eigenvalue weighted by Crippen LogP contribution is 2.23. The van der Waals surface area contributed by atoms with E-state index >= 15 is 0 Å². The molecular formula is C18H15FN2O4. The molecule has 0 saturated carbocycles. The molecule has 1 aromatic heterocycles. The molecule has 2 heterocycles. The van der Waals surface area contributed by atoms with Crippen LogP contribution in [0.3, 0.4) is 0 Å². The maximum atomic E-state index is 13.3. The van der Waals surface area contributed by atoms with E-state index in [4.69, 9.17) is 0 Å². The summed E-state index contributed by atoms with van der Waals surface area (Å²) in [7, 11) is 1.27. The van der Waals surface area contributed by atoms with Gasteiger partial charge < -0.3 is 9.30 Å². The molecule has 0 fully saturated rings. The number of hydrogen-bond acceptors (Lipinski definition) is 4. The predicted octanol–water partition coefficient (Wildman–Crippen LogP) is 2.42. The van der Waals surface area contributed by atoms with Crippen LogP contribution in [-0.4, -0.2) is 40.9 Å². The van der Waals surface area contributed by atoms with Crippen LogP contribution in [0.25, 0.3) is 0 Å². The van der Waals surface area contributed by atoms with Crippen molar-refractivity contribution in [2.75, 3.05) is 13.7 Å². The lowest BCUT2D eigenvalue weighted by Crippen LogP contribution is -2.32. The third kappa shape index (κ3) is 3.08. The van der Waals surface area contributed by atoms with Crippen LogP contribution in [0.1, 0.15) is 31.1 Å². The van der Waals surface area contributed by atoms with Crippen LogP contribution >= 0.6 is 0 Å². The average Bonchev–Trinajstić information content (AvgIpc) is 3.19. The second-order valence-electron chi connectivity index (χ2n) is 5.57. The summed E-state index contributed by atoms with van der Waals surface area (Å²) in [5, 5.41) is 0. The topological polar surface area (TPSA) is 68.6 Å². The largest absolute Gasteiger partial charge is 0.465 e. The molecule has 128 valence electrons. The Bertz CT molecular complexity index is 850. The summed E-state index contributed by atoms with van der Waals surface area (Å²) >= 11 is 0. The number of ether oxygens (including phenoxy) is 1. The third-order valence-electron chi connectivity index (χ3n) is 3.95. The minimum absolute atomic E-state index is 0.0981. The first-order chi connectivity index (χ1) is 12.0. The number of aromatic nitrogens is 1. The van der Waals surface area contributed by atoms with E-state index in [1.165, 1.54) is 13.3 Å². The molecule has 1 aliphatic heterocycles. The molecule has 7 heteroatoms. The van der Waals surface area contributed by atoms with Crippen molar-refractivity contribution in [3.05, 3.63) is 71.3 Å². The number of carbonyl (C=O) groups is 3. The van der Waals surface area contributed by atoms with Gasteiger partial charge in [0.25, 0.3) is 11.8 Å². The minimum Gasteiger partial charge on any atom is -0.465 e. The quantitative estimate of drug-likeness (QED) is 0.618. The Morgan fingerprint density at radius 2 is 1.76 bits per heavy atom. The molecule has 0 radical (unpaired) electrons. The van der Waals surface area contributed by atoms with E-state index < -0.39 is 17.8 Å². The fraction of sp³-hybridized carbons (Fsp3) is 0.167. The van der Waals surface area contributed by atoms with Crippen molar-refractivity contribution >= 4 is 17.8 Å². The van der Waals surface area contributed by atoms with E-state index in [9.17, 15) is 18.8 Å². The maximum Gasteiger partial charge on any atom is 0.339 e. The smallest absolute Gasteiger partial charge is 0.339 e. The van der Waals surface area contributed by atoms with Crippen molar-refractivity contribution in [2.24, 2.45) is 0 Å². The Morgan fingerprint density at radius 3 is 2.32 bits per heavy atom. The Kier molecular flexibility index (Phi) is 4.47. The van der Waals surface area contributed by atoms with Gasteiger partial charge in [0.05, 0.1) is 36.7 Å². The van der Waals surface area contributed by atoms with Crippen molar-refractivity contribution in [2.45, 2.75) is 6.54 Å². The molecule has 1 aromatic carbocycles. The normalized spacial score (nSPS) is 14.0. The molecule has 1 aliphatic rings. The molecule has 0 saturated heterocycles. The first kappa shape index (κ1) is 16.6. The van der Waals surface area contributed by atoms with Gasteiger partial charge in [-0.3, -0.25) is 14.5 Å². The van der Waals surface area contributed by atoms with Crippen LogP contribution in [0.2, 0.25) is 0 Å². The fourth-order valence-corrected chi connectivity index (χ4v) is 2.72. The number of benzene rings is 1. The van der Waals surface area contributed by atoms with E-state index in [2.05, 4.69) is 4.74 Å². The van der Waals surface area contributed by atoms with E-state index in [1.54, 1.807) is 41.1 Å². The summed E-state index contributed by atoms with van der Waals surface area (Å²) in [4.78, 5) is 37.1. The maximum absolute atomic E-state index is 13.3. The van der Waals surface area contributed by atoms with Gasteiger partial charge in [-0.25, -0.2) is 9.18 Å². The van der Waals surface area contributed by atoms with Crippen molar-refractivity contribution in [1.82, 2.24) is 9.47 Å². The molecule has 6 nitrogen and oxygen atoms in total. The van der Waals surface area contributed by atoms with Crippen LogP contribution in [0.5, 0.6) is 0 Å². The summed E-state index contributed by atoms with van der Waals surface area (Å²) in [6.07, 6.45) is 3.48. The van der Waals surface area contributed by atoms with Crippen molar-refractivity contribution in [3.63, 3.8) is 0 Å². The fourth-order valence-electron chi connectivity index (χ4n) is 2.72. The number of carbonyl (C=O) groups excluding carboxylic acids is 3. The number of amides is 2. The molecule has 2 aromatic rings. The summed E-state index contributed by atoms with van der Waals surface area (Å²) in [6, 6.07) is 8.04. The van der Waals surface area contributed by atoms with E-state index in [1.807, 2.05) is 0 Å². The molecular weight excluding hydrogens is 327 g/mol. The zero-order chi connectivity index (χ0) is 18.0. The Morgan fingerprint density at radius 1 is 1.12 bits per heavy atom. The number of halogens is 1. The molecule has 0 atom stereocenters. The monoisotopic (exact) mass is 342 g/mol. The predicted molar refractivity (Wildman–Crippen MR) is 86.8 cm³/mol. The summed E-state index contributed by atoms with van der Waals surface area (Å²) in [6.45, 7) is -0.0600. The molecule has 0 bridgehead atoms. The molecule has 0 unspecified atom stereocenters. The second kappa shape index (κ2) is 6.72. The second-order valence-corrected chi connectivity index (χ2v) is 5.57. The van der Waals surface area contributed by atoms with Crippen molar-refractivity contribution < 1.29 is 23.5 Å². The van der Waals surface area contributed by atoms with E-state index in [0.717, 1.165) is 4.90 Å². The molecule has 0 N–H and O–H groups in total. The number of esters is 1. The number of imide groups is 1. The van der Waals surface area contributed by atoms with Crippen molar-refractivity contribution in [1.29, 1.82) is 0 Å². The lowest BCUT2D eigenvalue weighted by Gasteiger charge is -2.16. The van der Waals surface area contributed by atoms with Gasteiger partial charge in [0.1, 0.15) is 0 Å². The Hall–Kier alpha value is -3.22. The number of fused-ring (bicyclic) bond motifs is 1. The first-order valence-electron chi connectivity index (χ1n) is 7.52. The molecule has 25 heavy (non-hydrogen) atoms. The zero-order valence-corrected chi connectivity index (χ0v) is 13.4. The first-order valence-corrected chi connectivity index (χ1v) is 7.52. The lowest BCUT2D eigenvalue weighted by atomic mass is 10.1. The van der Waals surface area contributed by atoms with Crippen LogP contribution < -0.4 is 0 Å². The number of nitrogens with zero attached hydrogens (tertiary/aromatic N) is 2. The van der Waals surface area contributed by atoms with Crippen LogP contribution in [0.15, 0.2) is 54.6 Å². The third-order valence-corrected chi connectivity index (χ3v) is 3.95. The van der Waals surface area contributed by atoms with Gasteiger partial charge in [-0.15, -0.1) is 0 Å². The van der Waals surface area contributed by atoms with Crippen LogP contribution in [0, 0.1) is 0 Å². The molecule has 3 rings (SSSR count).